The van der Waals surface area contributed by atoms with Gasteiger partial charge in [0.25, 0.3) is 0 Å². The fourth-order valence-electron chi connectivity index (χ4n) is 5.20. The van der Waals surface area contributed by atoms with Crippen LogP contribution in [-0.2, 0) is 0 Å². The summed E-state index contributed by atoms with van der Waals surface area (Å²) in [4.78, 5) is 3.32. The average Bonchev–Trinajstić information content (AvgIpc) is 3.17. The smallest absolute Gasteiger partial charge is 0.134 e. The minimum Gasteiger partial charge on any atom is -0.390 e. The zero-order valence-electron chi connectivity index (χ0n) is 20.2. The molecule has 0 saturated heterocycles. The molecule has 0 fully saturated rings. The van der Waals surface area contributed by atoms with E-state index in [1.165, 1.54) is 0 Å². The predicted molar refractivity (Wildman–Crippen MR) is 138 cm³/mol. The maximum absolute atomic E-state index is 15.9. The van der Waals surface area contributed by atoms with E-state index in [2.05, 4.69) is 22.1 Å². The van der Waals surface area contributed by atoms with Gasteiger partial charge in [-0.1, -0.05) is 49.1 Å². The maximum atomic E-state index is 15.9. The Kier molecular flexibility index (Phi) is 5.26. The number of aryl methyl sites for hydroxylation is 2. The number of para-hydroxylation sites is 1. The highest BCUT2D eigenvalue weighted by molar-refractivity contribution is 5.98. The lowest BCUT2D eigenvalue weighted by Gasteiger charge is -2.43. The van der Waals surface area contributed by atoms with Crippen molar-refractivity contribution in [3.05, 3.63) is 88.4 Å². The van der Waals surface area contributed by atoms with Crippen LogP contribution < -0.4 is 5.32 Å². The van der Waals surface area contributed by atoms with Gasteiger partial charge in [-0.05, 0) is 62.6 Å². The first-order chi connectivity index (χ1) is 16.2. The highest BCUT2D eigenvalue weighted by atomic mass is 19.1. The second-order valence-corrected chi connectivity index (χ2v) is 9.97. The fraction of sp³-hybridized carbons (Fsp3) is 0.267. The average molecular weight is 453 g/mol. The summed E-state index contributed by atoms with van der Waals surface area (Å²) >= 11 is 0. The van der Waals surface area contributed by atoms with E-state index in [1.807, 2.05) is 83.3 Å². The zero-order valence-corrected chi connectivity index (χ0v) is 20.2. The van der Waals surface area contributed by atoms with E-state index in [9.17, 15) is 5.11 Å². The molecule has 3 aromatic carbocycles. The Balaban J connectivity index is 1.84. The van der Waals surface area contributed by atoms with Crippen molar-refractivity contribution in [1.29, 1.82) is 0 Å². The summed E-state index contributed by atoms with van der Waals surface area (Å²) in [6, 6.07) is 15.5. The Labute approximate surface area is 200 Å². The first-order valence-electron chi connectivity index (χ1n) is 11.7. The molecule has 4 heteroatoms. The van der Waals surface area contributed by atoms with Gasteiger partial charge in [-0.25, -0.2) is 4.39 Å². The Hall–Kier alpha value is -3.55. The molecule has 2 heterocycles. The molecule has 3 N–H and O–H groups in total. The number of hydrogen-bond donors (Lipinski definition) is 3. The maximum Gasteiger partial charge on any atom is 0.134 e. The summed E-state index contributed by atoms with van der Waals surface area (Å²) in [6.45, 7) is 9.92. The number of benzene rings is 3. The summed E-state index contributed by atoms with van der Waals surface area (Å²) in [5.74, 6) is 6.02. The van der Waals surface area contributed by atoms with Gasteiger partial charge in [0.15, 0.2) is 0 Å². The van der Waals surface area contributed by atoms with Gasteiger partial charge < -0.3 is 15.4 Å². The number of H-pyrrole nitrogens is 1. The van der Waals surface area contributed by atoms with Crippen LogP contribution in [0.1, 0.15) is 54.5 Å². The van der Waals surface area contributed by atoms with E-state index in [-0.39, 0.29) is 11.7 Å². The van der Waals surface area contributed by atoms with Crippen molar-refractivity contribution in [2.75, 3.05) is 5.32 Å². The highest BCUT2D eigenvalue weighted by Gasteiger charge is 2.40. The fourth-order valence-corrected chi connectivity index (χ4v) is 5.20. The molecule has 0 saturated carbocycles. The van der Waals surface area contributed by atoms with E-state index in [0.29, 0.717) is 16.8 Å². The molecule has 0 aliphatic carbocycles. The van der Waals surface area contributed by atoms with Gasteiger partial charge in [0.05, 0.1) is 17.2 Å². The molecule has 0 radical (unpaired) electrons. The molecular weight excluding hydrogens is 423 g/mol. The Morgan fingerprint density at radius 3 is 2.56 bits per heavy atom. The molecule has 3 nitrogen and oxygen atoms in total. The topological polar surface area (TPSA) is 48.0 Å². The molecule has 34 heavy (non-hydrogen) atoms. The Morgan fingerprint density at radius 1 is 1.03 bits per heavy atom. The molecular formula is C30H29FN2O. The number of aliphatic hydroxyl groups is 1. The van der Waals surface area contributed by atoms with Gasteiger partial charge in [-0.3, -0.25) is 0 Å². The van der Waals surface area contributed by atoms with Crippen molar-refractivity contribution in [1.82, 2.24) is 4.98 Å². The third-order valence-electron chi connectivity index (χ3n) is 6.99. The second-order valence-electron chi connectivity index (χ2n) is 9.97. The number of nitrogens with one attached hydrogen (secondary N) is 2. The minimum absolute atomic E-state index is 0.225. The van der Waals surface area contributed by atoms with Crippen LogP contribution in [-0.4, -0.2) is 21.7 Å². The molecule has 0 amide bonds. The lowest BCUT2D eigenvalue weighted by molar-refractivity contribution is 0.0868. The van der Waals surface area contributed by atoms with Gasteiger partial charge in [-0.15, -0.1) is 0 Å². The number of anilines is 1. The largest absolute Gasteiger partial charge is 0.390 e. The van der Waals surface area contributed by atoms with Crippen LogP contribution in [0, 0.1) is 31.5 Å². The predicted octanol–water partition coefficient (Wildman–Crippen LogP) is 6.66. The highest BCUT2D eigenvalue weighted by Crippen LogP contribution is 2.45. The first-order valence-corrected chi connectivity index (χ1v) is 11.7. The number of rotatable bonds is 1. The Morgan fingerprint density at radius 2 is 1.79 bits per heavy atom. The van der Waals surface area contributed by atoms with Gasteiger partial charge in [0.2, 0.25) is 0 Å². The van der Waals surface area contributed by atoms with Crippen LogP contribution in [0.2, 0.25) is 0 Å². The monoisotopic (exact) mass is 452 g/mol. The third-order valence-corrected chi connectivity index (χ3v) is 6.99. The molecule has 0 bridgehead atoms. The number of aromatic amines is 1. The van der Waals surface area contributed by atoms with Crippen LogP contribution in [0.15, 0.2) is 54.7 Å². The quantitative estimate of drug-likeness (QED) is 0.283. The second kappa shape index (κ2) is 8.04. The molecule has 1 aliphatic heterocycles. The minimum atomic E-state index is -0.652. The number of hydrogen-bond acceptors (Lipinski definition) is 2. The zero-order chi connectivity index (χ0) is 24.2. The standard InChI is InChI=1S/C30H29FN2O/c1-17-8-6-9-20(14-17)12-13-22-26-19(3)29(34)30(4,5)33-25(26)15-24(31)27(22)23-11-7-10-21-18(2)16-32-28(21)23/h6-11,14-16,19,29,32-34H,1-5H3/t19-,29+/m0/s1. The van der Waals surface area contributed by atoms with Crippen molar-refractivity contribution in [2.24, 2.45) is 0 Å². The third kappa shape index (κ3) is 3.57. The molecule has 1 aliphatic rings. The van der Waals surface area contributed by atoms with Crippen LogP contribution >= 0.6 is 0 Å². The molecule has 0 unspecified atom stereocenters. The van der Waals surface area contributed by atoms with E-state index in [1.54, 1.807) is 6.07 Å². The van der Waals surface area contributed by atoms with Crippen LogP contribution in [0.25, 0.3) is 22.0 Å². The summed E-state index contributed by atoms with van der Waals surface area (Å²) in [5.41, 5.74) is 6.78. The molecule has 0 spiro atoms. The normalized spacial score (nSPS) is 18.7. The van der Waals surface area contributed by atoms with Gasteiger partial charge in [0.1, 0.15) is 5.82 Å². The number of aliphatic hydroxyl groups excluding tert-OH is 1. The van der Waals surface area contributed by atoms with E-state index in [4.69, 9.17) is 0 Å². The van der Waals surface area contributed by atoms with Crippen molar-refractivity contribution < 1.29 is 9.50 Å². The van der Waals surface area contributed by atoms with Gasteiger partial charge >= 0.3 is 0 Å². The summed E-state index contributed by atoms with van der Waals surface area (Å²) in [6.07, 6.45) is 1.29. The van der Waals surface area contributed by atoms with E-state index >= 15 is 4.39 Å². The van der Waals surface area contributed by atoms with Crippen molar-refractivity contribution in [2.45, 2.75) is 52.2 Å². The number of halogens is 1. The summed E-state index contributed by atoms with van der Waals surface area (Å²) in [5, 5.41) is 15.5. The summed E-state index contributed by atoms with van der Waals surface area (Å²) < 4.78 is 15.9. The van der Waals surface area contributed by atoms with Gasteiger partial charge in [-0.2, -0.15) is 0 Å². The molecule has 2 atom stereocenters. The van der Waals surface area contributed by atoms with Crippen molar-refractivity contribution >= 4 is 16.6 Å². The van der Waals surface area contributed by atoms with Gasteiger partial charge in [0, 0.05) is 45.4 Å². The molecule has 5 rings (SSSR count). The van der Waals surface area contributed by atoms with E-state index in [0.717, 1.165) is 38.7 Å². The van der Waals surface area contributed by atoms with Crippen molar-refractivity contribution in [3.8, 4) is 23.0 Å². The van der Waals surface area contributed by atoms with Crippen LogP contribution in [0.3, 0.4) is 0 Å². The summed E-state index contributed by atoms with van der Waals surface area (Å²) in [7, 11) is 0. The molecule has 4 aromatic rings. The van der Waals surface area contributed by atoms with Crippen LogP contribution in [0.5, 0.6) is 0 Å². The molecule has 172 valence electrons. The first kappa shape index (κ1) is 22.3. The van der Waals surface area contributed by atoms with Crippen molar-refractivity contribution in [3.63, 3.8) is 0 Å². The lowest BCUT2D eigenvalue weighted by atomic mass is 9.75. The lowest BCUT2D eigenvalue weighted by Crippen LogP contribution is -2.50. The Bertz CT molecular complexity index is 1490. The molecule has 1 aromatic heterocycles. The SMILES string of the molecule is Cc1cccc(C#Cc2c(-c3cccc4c(C)c[nH]c34)c(F)cc3c2[C@H](C)[C@@H](O)C(C)(C)N3)c1. The number of fused-ring (bicyclic) bond motifs is 2. The van der Waals surface area contributed by atoms with E-state index < -0.39 is 11.6 Å². The number of aromatic nitrogens is 1. The van der Waals surface area contributed by atoms with Crippen LogP contribution in [0.4, 0.5) is 10.1 Å².